The number of oxime groups is 2. The highest BCUT2D eigenvalue weighted by Gasteiger charge is 2.20. The zero-order valence-electron chi connectivity index (χ0n) is 15.7. The second kappa shape index (κ2) is 10.1. The molecule has 0 fully saturated rings. The maximum absolute atomic E-state index is 12.0. The summed E-state index contributed by atoms with van der Waals surface area (Å²) in [7, 11) is 3.95. The number of Topliss-reactive ketones (excluding diaryl/α,β-unsaturated/α-hetero) is 1. The van der Waals surface area contributed by atoms with E-state index in [2.05, 4.69) is 15.1 Å². The maximum Gasteiger partial charge on any atom is 0.438 e. The molecule has 26 heavy (non-hydrogen) atoms. The first-order chi connectivity index (χ1) is 12.3. The molecule has 0 atom stereocenters. The van der Waals surface area contributed by atoms with Crippen LogP contribution in [0.3, 0.4) is 0 Å². The van der Waals surface area contributed by atoms with Crippen molar-refractivity contribution >= 4 is 29.0 Å². The number of hydrogen-bond donors (Lipinski definition) is 0. The van der Waals surface area contributed by atoms with Crippen molar-refractivity contribution in [2.45, 2.75) is 27.4 Å². The van der Waals surface area contributed by atoms with Crippen LogP contribution < -0.4 is 5.06 Å². The van der Waals surface area contributed by atoms with Crippen molar-refractivity contribution in [2.24, 2.45) is 10.3 Å². The SMILES string of the molecule is CO/N=C(\C)C(=O)/C(C)=N/OCc1ccc(C)cc1N(OC)C(=O)OC. The topological polar surface area (TPSA) is 99.0 Å². The Morgan fingerprint density at radius 3 is 2.31 bits per heavy atom. The number of carbonyl (C=O) groups is 2. The molecule has 0 aliphatic rings. The predicted octanol–water partition coefficient (Wildman–Crippen LogP) is 2.61. The lowest BCUT2D eigenvalue weighted by Crippen LogP contribution is -2.30. The van der Waals surface area contributed by atoms with Crippen LogP contribution in [0.1, 0.15) is 25.0 Å². The van der Waals surface area contributed by atoms with Gasteiger partial charge in [-0.15, -0.1) is 0 Å². The highest BCUT2D eigenvalue weighted by molar-refractivity contribution is 6.65. The van der Waals surface area contributed by atoms with E-state index in [9.17, 15) is 9.59 Å². The zero-order valence-corrected chi connectivity index (χ0v) is 15.7. The van der Waals surface area contributed by atoms with Gasteiger partial charge in [-0.1, -0.05) is 22.4 Å². The molecule has 0 aromatic heterocycles. The summed E-state index contributed by atoms with van der Waals surface area (Å²) in [5, 5.41) is 8.35. The average molecular weight is 365 g/mol. The van der Waals surface area contributed by atoms with E-state index in [4.69, 9.17) is 14.4 Å². The van der Waals surface area contributed by atoms with Gasteiger partial charge < -0.3 is 14.4 Å². The highest BCUT2D eigenvalue weighted by atomic mass is 16.7. The Hall–Kier alpha value is -2.94. The molecule has 0 aliphatic carbocycles. The normalized spacial score (nSPS) is 11.8. The van der Waals surface area contributed by atoms with E-state index in [1.807, 2.05) is 13.0 Å². The van der Waals surface area contributed by atoms with Crippen molar-refractivity contribution in [3.05, 3.63) is 29.3 Å². The lowest BCUT2D eigenvalue weighted by atomic mass is 10.1. The lowest BCUT2D eigenvalue weighted by molar-refractivity contribution is -0.107. The average Bonchev–Trinajstić information content (AvgIpc) is 2.63. The van der Waals surface area contributed by atoms with Crippen LogP contribution in [0.5, 0.6) is 0 Å². The quantitative estimate of drug-likeness (QED) is 0.519. The van der Waals surface area contributed by atoms with Crippen LogP contribution in [0.4, 0.5) is 10.5 Å². The number of ether oxygens (including phenoxy) is 1. The molecule has 0 N–H and O–H groups in total. The number of hydroxylamine groups is 1. The molecule has 1 aromatic rings. The maximum atomic E-state index is 12.0. The van der Waals surface area contributed by atoms with Gasteiger partial charge >= 0.3 is 6.09 Å². The van der Waals surface area contributed by atoms with Crippen LogP contribution in [-0.2, 0) is 30.7 Å². The van der Waals surface area contributed by atoms with Gasteiger partial charge in [0.15, 0.2) is 0 Å². The minimum atomic E-state index is -0.680. The number of anilines is 1. The molecule has 0 aliphatic heterocycles. The standard InChI is InChI=1S/C17H23N3O6/c1-11-7-8-14(15(9-11)20(25-6)17(22)23-4)10-26-19-13(3)16(21)12(2)18-24-5/h7-9H,10H2,1-6H3/b18-12+,19-13+. The molecule has 1 amide bonds. The summed E-state index contributed by atoms with van der Waals surface area (Å²) in [6.07, 6.45) is -0.680. The fourth-order valence-corrected chi connectivity index (χ4v) is 2.02. The van der Waals surface area contributed by atoms with E-state index in [1.54, 1.807) is 12.1 Å². The number of methoxy groups -OCH3 is 1. The number of rotatable bonds is 8. The van der Waals surface area contributed by atoms with Crippen LogP contribution in [0.25, 0.3) is 0 Å². The van der Waals surface area contributed by atoms with E-state index in [1.165, 1.54) is 35.2 Å². The van der Waals surface area contributed by atoms with Gasteiger partial charge in [-0.3, -0.25) is 9.63 Å². The van der Waals surface area contributed by atoms with Crippen molar-refractivity contribution in [2.75, 3.05) is 26.4 Å². The summed E-state index contributed by atoms with van der Waals surface area (Å²) in [4.78, 5) is 38.7. The smallest absolute Gasteiger partial charge is 0.438 e. The second-order valence-corrected chi connectivity index (χ2v) is 5.22. The van der Waals surface area contributed by atoms with Gasteiger partial charge in [0, 0.05) is 5.56 Å². The third-order valence-corrected chi connectivity index (χ3v) is 3.29. The molecule has 9 nitrogen and oxygen atoms in total. The molecule has 0 saturated carbocycles. The molecule has 0 bridgehead atoms. The minimum absolute atomic E-state index is 0.0115. The van der Waals surface area contributed by atoms with Crippen LogP contribution in [0.2, 0.25) is 0 Å². The number of benzene rings is 1. The summed E-state index contributed by atoms with van der Waals surface area (Å²) in [6, 6.07) is 5.37. The fraction of sp³-hybridized carbons (Fsp3) is 0.412. The minimum Gasteiger partial charge on any atom is -0.451 e. The summed E-state index contributed by atoms with van der Waals surface area (Å²) in [6.45, 7) is 4.90. The van der Waals surface area contributed by atoms with Crippen LogP contribution >= 0.6 is 0 Å². The third kappa shape index (κ3) is 5.55. The number of hydrogen-bond acceptors (Lipinski definition) is 8. The Labute approximate surface area is 152 Å². The molecule has 0 unspecified atom stereocenters. The van der Waals surface area contributed by atoms with Gasteiger partial charge in [-0.05, 0) is 32.4 Å². The van der Waals surface area contributed by atoms with Gasteiger partial charge in [-0.25, -0.2) is 4.79 Å². The predicted molar refractivity (Wildman–Crippen MR) is 96.1 cm³/mol. The van der Waals surface area contributed by atoms with Gasteiger partial charge in [0.2, 0.25) is 5.78 Å². The molecule has 1 aromatic carbocycles. The monoisotopic (exact) mass is 365 g/mol. The summed E-state index contributed by atoms with van der Waals surface area (Å²) >= 11 is 0. The van der Waals surface area contributed by atoms with Gasteiger partial charge in [0.1, 0.15) is 25.1 Å². The number of amides is 1. The number of aryl methyl sites for hydroxylation is 1. The summed E-state index contributed by atoms with van der Waals surface area (Å²) < 4.78 is 4.70. The first kappa shape index (κ1) is 21.1. The Bertz CT molecular complexity index is 714. The number of nitrogens with zero attached hydrogens (tertiary/aromatic N) is 3. The molecule has 142 valence electrons. The van der Waals surface area contributed by atoms with Crippen LogP contribution in [0.15, 0.2) is 28.5 Å². The molecule has 9 heteroatoms. The van der Waals surface area contributed by atoms with E-state index < -0.39 is 11.9 Å². The molecule has 0 saturated heterocycles. The highest BCUT2D eigenvalue weighted by Crippen LogP contribution is 2.24. The molecule has 0 heterocycles. The van der Waals surface area contributed by atoms with E-state index in [-0.39, 0.29) is 18.0 Å². The van der Waals surface area contributed by atoms with Crippen molar-refractivity contribution in [1.29, 1.82) is 0 Å². The summed E-state index contributed by atoms with van der Waals surface area (Å²) in [5.41, 5.74) is 2.26. The van der Waals surface area contributed by atoms with Crippen LogP contribution in [0, 0.1) is 6.92 Å². The Balaban J connectivity index is 2.97. The first-order valence-electron chi connectivity index (χ1n) is 7.66. The Morgan fingerprint density at radius 1 is 1.08 bits per heavy atom. The second-order valence-electron chi connectivity index (χ2n) is 5.22. The molecular weight excluding hydrogens is 342 g/mol. The van der Waals surface area contributed by atoms with Gasteiger partial charge in [-0.2, -0.15) is 5.06 Å². The van der Waals surface area contributed by atoms with E-state index >= 15 is 0 Å². The van der Waals surface area contributed by atoms with Crippen molar-refractivity contribution in [1.82, 2.24) is 0 Å². The Morgan fingerprint density at radius 2 is 1.73 bits per heavy atom. The van der Waals surface area contributed by atoms with Crippen molar-refractivity contribution < 1.29 is 28.8 Å². The first-order valence-corrected chi connectivity index (χ1v) is 7.66. The molecule has 1 rings (SSSR count). The Kier molecular flexibility index (Phi) is 8.23. The molecule has 0 radical (unpaired) electrons. The third-order valence-electron chi connectivity index (χ3n) is 3.29. The largest absolute Gasteiger partial charge is 0.451 e. The number of carbonyl (C=O) groups excluding carboxylic acids is 2. The van der Waals surface area contributed by atoms with E-state index in [0.717, 1.165) is 10.6 Å². The van der Waals surface area contributed by atoms with Crippen molar-refractivity contribution in [3.8, 4) is 0 Å². The number of ketones is 1. The van der Waals surface area contributed by atoms with Gasteiger partial charge in [0.25, 0.3) is 0 Å². The fourth-order valence-electron chi connectivity index (χ4n) is 2.02. The van der Waals surface area contributed by atoms with E-state index in [0.29, 0.717) is 11.3 Å². The zero-order chi connectivity index (χ0) is 19.7. The molecular formula is C17H23N3O6. The summed E-state index contributed by atoms with van der Waals surface area (Å²) in [5.74, 6) is -0.399. The molecule has 0 spiro atoms. The lowest BCUT2D eigenvalue weighted by Gasteiger charge is -2.21. The van der Waals surface area contributed by atoms with Crippen LogP contribution in [-0.4, -0.2) is 44.6 Å². The van der Waals surface area contributed by atoms with Crippen molar-refractivity contribution in [3.63, 3.8) is 0 Å². The van der Waals surface area contributed by atoms with Gasteiger partial charge in [0.05, 0.1) is 19.9 Å².